The molecule has 0 spiro atoms. The lowest BCUT2D eigenvalue weighted by atomic mass is 10.3. The quantitative estimate of drug-likeness (QED) is 0.694. The summed E-state index contributed by atoms with van der Waals surface area (Å²) in [4.78, 5) is 29.3. The van der Waals surface area contributed by atoms with Gasteiger partial charge in [-0.15, -0.1) is 0 Å². The van der Waals surface area contributed by atoms with Gasteiger partial charge in [0.05, 0.1) is 13.1 Å². The van der Waals surface area contributed by atoms with Crippen molar-refractivity contribution in [3.05, 3.63) is 0 Å². The fourth-order valence-corrected chi connectivity index (χ4v) is 2.31. The molecule has 1 aliphatic carbocycles. The third kappa shape index (κ3) is 4.76. The summed E-state index contributed by atoms with van der Waals surface area (Å²) in [7, 11) is 3.54. The average molecular weight is 282 g/mol. The van der Waals surface area contributed by atoms with Crippen LogP contribution in [0.3, 0.4) is 0 Å². The van der Waals surface area contributed by atoms with Crippen molar-refractivity contribution in [1.82, 2.24) is 20.0 Å². The molecule has 2 fully saturated rings. The molecule has 0 atom stereocenters. The molecule has 0 unspecified atom stereocenters. The number of carbonyl (C=O) groups excluding carboxylic acids is 2. The molecular formula is C14H26N4O2. The van der Waals surface area contributed by atoms with Crippen molar-refractivity contribution < 1.29 is 9.59 Å². The van der Waals surface area contributed by atoms with Crippen LogP contribution in [0.4, 0.5) is 0 Å². The molecule has 0 bridgehead atoms. The van der Waals surface area contributed by atoms with Crippen molar-refractivity contribution in [2.75, 3.05) is 59.9 Å². The van der Waals surface area contributed by atoms with Gasteiger partial charge in [-0.25, -0.2) is 0 Å². The lowest BCUT2D eigenvalue weighted by molar-refractivity contribution is -0.133. The second-order valence-electron chi connectivity index (χ2n) is 6.02. The van der Waals surface area contributed by atoms with Gasteiger partial charge >= 0.3 is 0 Å². The summed E-state index contributed by atoms with van der Waals surface area (Å²) in [5.74, 6) is 1.11. The fourth-order valence-electron chi connectivity index (χ4n) is 2.31. The molecule has 114 valence electrons. The Bertz CT molecular complexity index is 347. The molecule has 0 aromatic carbocycles. The van der Waals surface area contributed by atoms with Crippen molar-refractivity contribution in [2.45, 2.75) is 12.8 Å². The number of piperazine rings is 1. The predicted octanol–water partition coefficient (Wildman–Crippen LogP) is -0.782. The lowest BCUT2D eigenvalue weighted by Crippen LogP contribution is -2.52. The fraction of sp³-hybridized carbons (Fsp3) is 0.857. The highest BCUT2D eigenvalue weighted by Crippen LogP contribution is 2.27. The Morgan fingerprint density at radius 1 is 1.15 bits per heavy atom. The minimum Gasteiger partial charge on any atom is -0.348 e. The first-order valence-corrected chi connectivity index (χ1v) is 7.47. The van der Waals surface area contributed by atoms with Gasteiger partial charge in [0.25, 0.3) is 0 Å². The van der Waals surface area contributed by atoms with E-state index >= 15 is 0 Å². The SMILES string of the molecule is CN(C)C(=O)CN1CCN(C(=O)CNCC2CC2)CC1. The van der Waals surface area contributed by atoms with Gasteiger partial charge in [-0.3, -0.25) is 14.5 Å². The normalized spacial score (nSPS) is 20.0. The van der Waals surface area contributed by atoms with Crippen LogP contribution in [0.1, 0.15) is 12.8 Å². The Balaban J connectivity index is 1.62. The van der Waals surface area contributed by atoms with Gasteiger partial charge in [-0.1, -0.05) is 0 Å². The molecule has 1 saturated heterocycles. The molecule has 1 saturated carbocycles. The number of nitrogens with one attached hydrogen (secondary N) is 1. The van der Waals surface area contributed by atoms with Gasteiger partial charge in [-0.2, -0.15) is 0 Å². The largest absolute Gasteiger partial charge is 0.348 e. The van der Waals surface area contributed by atoms with Crippen LogP contribution in [-0.4, -0.2) is 86.4 Å². The second-order valence-corrected chi connectivity index (χ2v) is 6.02. The molecule has 2 aliphatic rings. The number of likely N-dealkylation sites (N-methyl/N-ethyl adjacent to an activating group) is 1. The van der Waals surface area contributed by atoms with Crippen LogP contribution < -0.4 is 5.32 Å². The Labute approximate surface area is 121 Å². The summed E-state index contributed by atoms with van der Waals surface area (Å²) in [6.45, 7) is 4.91. The third-order valence-electron chi connectivity index (χ3n) is 3.99. The smallest absolute Gasteiger partial charge is 0.236 e. The number of rotatable bonds is 6. The van der Waals surface area contributed by atoms with Crippen LogP contribution in [0.25, 0.3) is 0 Å². The highest BCUT2D eigenvalue weighted by atomic mass is 16.2. The zero-order valence-corrected chi connectivity index (χ0v) is 12.6. The Hall–Kier alpha value is -1.14. The Kier molecular flexibility index (Phi) is 5.37. The Morgan fingerprint density at radius 3 is 2.35 bits per heavy atom. The van der Waals surface area contributed by atoms with Gasteiger partial charge in [-0.05, 0) is 25.3 Å². The first-order chi connectivity index (χ1) is 9.56. The summed E-state index contributed by atoms with van der Waals surface area (Å²) in [5, 5.41) is 3.24. The molecule has 6 nitrogen and oxygen atoms in total. The predicted molar refractivity (Wildman–Crippen MR) is 77.3 cm³/mol. The first kappa shape index (κ1) is 15.3. The molecule has 2 amide bonds. The molecule has 2 rings (SSSR count). The van der Waals surface area contributed by atoms with E-state index in [-0.39, 0.29) is 11.8 Å². The first-order valence-electron chi connectivity index (χ1n) is 7.47. The summed E-state index contributed by atoms with van der Waals surface area (Å²) in [6.07, 6.45) is 2.61. The number of carbonyl (C=O) groups is 2. The average Bonchev–Trinajstić information content (AvgIpc) is 3.23. The van der Waals surface area contributed by atoms with Gasteiger partial charge < -0.3 is 15.1 Å². The lowest BCUT2D eigenvalue weighted by Gasteiger charge is -2.34. The van der Waals surface area contributed by atoms with Gasteiger partial charge in [0.15, 0.2) is 0 Å². The van der Waals surface area contributed by atoms with Gasteiger partial charge in [0, 0.05) is 40.3 Å². The topological polar surface area (TPSA) is 55.9 Å². The molecule has 1 heterocycles. The molecule has 6 heteroatoms. The van der Waals surface area contributed by atoms with Gasteiger partial charge in [0.1, 0.15) is 0 Å². The number of nitrogens with zero attached hydrogens (tertiary/aromatic N) is 3. The van der Waals surface area contributed by atoms with E-state index in [2.05, 4.69) is 10.2 Å². The maximum atomic E-state index is 12.0. The summed E-state index contributed by atoms with van der Waals surface area (Å²) >= 11 is 0. The summed E-state index contributed by atoms with van der Waals surface area (Å²) in [6, 6.07) is 0. The summed E-state index contributed by atoms with van der Waals surface area (Å²) < 4.78 is 0. The van der Waals surface area contributed by atoms with Crippen LogP contribution >= 0.6 is 0 Å². The maximum Gasteiger partial charge on any atom is 0.236 e. The highest BCUT2D eigenvalue weighted by molar-refractivity contribution is 5.79. The van der Waals surface area contributed by atoms with E-state index in [9.17, 15) is 9.59 Å². The van der Waals surface area contributed by atoms with E-state index in [0.717, 1.165) is 38.6 Å². The maximum absolute atomic E-state index is 12.0. The molecule has 1 N–H and O–H groups in total. The van der Waals surface area contributed by atoms with E-state index in [1.54, 1.807) is 19.0 Å². The van der Waals surface area contributed by atoms with Crippen molar-refractivity contribution in [1.29, 1.82) is 0 Å². The third-order valence-corrected chi connectivity index (χ3v) is 3.99. The van der Waals surface area contributed by atoms with E-state index in [1.807, 2.05) is 4.90 Å². The standard InChI is InChI=1S/C14H26N4O2/c1-16(2)14(20)11-17-5-7-18(8-6-17)13(19)10-15-9-12-3-4-12/h12,15H,3-11H2,1-2H3. The van der Waals surface area contributed by atoms with Gasteiger partial charge in [0.2, 0.25) is 11.8 Å². The molecule has 0 aromatic rings. The van der Waals surface area contributed by atoms with Crippen molar-refractivity contribution in [3.63, 3.8) is 0 Å². The van der Waals surface area contributed by atoms with Crippen LogP contribution in [-0.2, 0) is 9.59 Å². The molecule has 0 radical (unpaired) electrons. The van der Waals surface area contributed by atoms with E-state index in [4.69, 9.17) is 0 Å². The van der Waals surface area contributed by atoms with E-state index in [0.29, 0.717) is 13.1 Å². The molecule has 0 aromatic heterocycles. The zero-order valence-electron chi connectivity index (χ0n) is 12.6. The number of hydrogen-bond donors (Lipinski definition) is 1. The van der Waals surface area contributed by atoms with E-state index in [1.165, 1.54) is 12.8 Å². The number of hydrogen-bond acceptors (Lipinski definition) is 4. The van der Waals surface area contributed by atoms with Crippen molar-refractivity contribution in [2.24, 2.45) is 5.92 Å². The Morgan fingerprint density at radius 2 is 1.80 bits per heavy atom. The minimum atomic E-state index is 0.121. The van der Waals surface area contributed by atoms with Crippen LogP contribution in [0.15, 0.2) is 0 Å². The summed E-state index contributed by atoms with van der Waals surface area (Å²) in [5.41, 5.74) is 0. The minimum absolute atomic E-state index is 0.121. The van der Waals surface area contributed by atoms with Crippen molar-refractivity contribution in [3.8, 4) is 0 Å². The number of amides is 2. The van der Waals surface area contributed by atoms with E-state index < -0.39 is 0 Å². The van der Waals surface area contributed by atoms with Crippen LogP contribution in [0.2, 0.25) is 0 Å². The highest BCUT2D eigenvalue weighted by Gasteiger charge is 2.24. The van der Waals surface area contributed by atoms with Crippen molar-refractivity contribution >= 4 is 11.8 Å². The zero-order chi connectivity index (χ0) is 14.5. The monoisotopic (exact) mass is 282 g/mol. The molecule has 1 aliphatic heterocycles. The molecular weight excluding hydrogens is 256 g/mol. The van der Waals surface area contributed by atoms with Crippen LogP contribution in [0.5, 0.6) is 0 Å². The molecule has 20 heavy (non-hydrogen) atoms. The van der Waals surface area contributed by atoms with Crippen LogP contribution in [0, 0.1) is 5.92 Å². The second kappa shape index (κ2) is 7.04.